The maximum atomic E-state index is 11.2. The molecule has 2 heteroatoms. The monoisotopic (exact) mass is 262 g/mol. The van der Waals surface area contributed by atoms with Gasteiger partial charge in [0.05, 0.1) is 6.61 Å². The topological polar surface area (TPSA) is 26.3 Å². The zero-order chi connectivity index (χ0) is 14.3. The summed E-state index contributed by atoms with van der Waals surface area (Å²) >= 11 is 0. The fourth-order valence-corrected chi connectivity index (χ4v) is 1.93. The second-order valence-electron chi connectivity index (χ2n) is 6.02. The van der Waals surface area contributed by atoms with Crippen LogP contribution in [0, 0.1) is 0 Å². The van der Waals surface area contributed by atoms with Gasteiger partial charge in [-0.15, -0.1) is 0 Å². The first-order valence-electron chi connectivity index (χ1n) is 7.18. The van der Waals surface area contributed by atoms with Crippen molar-refractivity contribution in [3.63, 3.8) is 0 Å². The number of benzene rings is 1. The van der Waals surface area contributed by atoms with Gasteiger partial charge >= 0.3 is 5.97 Å². The van der Waals surface area contributed by atoms with Crippen LogP contribution in [0.15, 0.2) is 24.3 Å². The minimum absolute atomic E-state index is 0.0778. The normalized spacial score (nSPS) is 11.4. The van der Waals surface area contributed by atoms with Crippen molar-refractivity contribution in [3.8, 4) is 0 Å². The van der Waals surface area contributed by atoms with E-state index in [1.807, 2.05) is 6.92 Å². The van der Waals surface area contributed by atoms with E-state index in [2.05, 4.69) is 45.0 Å². The van der Waals surface area contributed by atoms with Crippen molar-refractivity contribution in [2.24, 2.45) is 0 Å². The van der Waals surface area contributed by atoms with E-state index in [0.29, 0.717) is 13.0 Å². The molecule has 0 aromatic heterocycles. The van der Waals surface area contributed by atoms with Crippen LogP contribution in [0.4, 0.5) is 0 Å². The van der Waals surface area contributed by atoms with Gasteiger partial charge in [0, 0.05) is 6.42 Å². The van der Waals surface area contributed by atoms with Crippen molar-refractivity contribution < 1.29 is 9.53 Å². The lowest BCUT2D eigenvalue weighted by Gasteiger charge is -2.19. The summed E-state index contributed by atoms with van der Waals surface area (Å²) < 4.78 is 5.16. The van der Waals surface area contributed by atoms with Crippen LogP contribution in [-0.2, 0) is 21.4 Å². The number of carbonyl (C=O) groups excluding carboxylic acids is 1. The third-order valence-corrected chi connectivity index (χ3v) is 3.12. The molecule has 0 spiro atoms. The van der Waals surface area contributed by atoms with Crippen molar-refractivity contribution >= 4 is 5.97 Å². The van der Waals surface area contributed by atoms with Gasteiger partial charge < -0.3 is 4.74 Å². The van der Waals surface area contributed by atoms with Gasteiger partial charge in [0.25, 0.3) is 0 Å². The number of esters is 1. The van der Waals surface area contributed by atoms with Crippen molar-refractivity contribution in [2.75, 3.05) is 6.61 Å². The first-order chi connectivity index (χ1) is 8.93. The molecule has 0 radical (unpaired) electrons. The maximum absolute atomic E-state index is 11.2. The summed E-state index contributed by atoms with van der Waals surface area (Å²) in [5, 5.41) is 0. The van der Waals surface area contributed by atoms with Gasteiger partial charge in [-0.05, 0) is 35.8 Å². The lowest BCUT2D eigenvalue weighted by atomic mass is 9.86. The summed E-state index contributed by atoms with van der Waals surface area (Å²) in [6, 6.07) is 8.68. The Morgan fingerprint density at radius 1 is 1.26 bits per heavy atom. The van der Waals surface area contributed by atoms with E-state index in [1.54, 1.807) is 0 Å². The zero-order valence-electron chi connectivity index (χ0n) is 12.7. The Morgan fingerprint density at radius 2 is 2.00 bits per heavy atom. The summed E-state index contributed by atoms with van der Waals surface area (Å²) in [4.78, 5) is 11.2. The minimum atomic E-state index is -0.0778. The van der Waals surface area contributed by atoms with Crippen molar-refractivity contribution in [3.05, 3.63) is 35.4 Å². The fraction of sp³-hybridized carbons (Fsp3) is 0.588. The SMILES string of the molecule is CCCC(=O)OCCCc1cccc(C(C)(C)C)c1. The van der Waals surface area contributed by atoms with E-state index in [9.17, 15) is 4.79 Å². The highest BCUT2D eigenvalue weighted by Crippen LogP contribution is 2.23. The molecule has 0 aliphatic heterocycles. The number of hydrogen-bond acceptors (Lipinski definition) is 2. The predicted molar refractivity (Wildman–Crippen MR) is 79.3 cm³/mol. The average Bonchev–Trinajstić information content (AvgIpc) is 2.34. The quantitative estimate of drug-likeness (QED) is 0.565. The molecule has 2 nitrogen and oxygen atoms in total. The van der Waals surface area contributed by atoms with Gasteiger partial charge in [0.2, 0.25) is 0 Å². The smallest absolute Gasteiger partial charge is 0.305 e. The van der Waals surface area contributed by atoms with Crippen LogP contribution in [0.3, 0.4) is 0 Å². The summed E-state index contributed by atoms with van der Waals surface area (Å²) in [7, 11) is 0. The zero-order valence-corrected chi connectivity index (χ0v) is 12.7. The molecule has 0 N–H and O–H groups in total. The van der Waals surface area contributed by atoms with Crippen LogP contribution in [0.5, 0.6) is 0 Å². The lowest BCUT2D eigenvalue weighted by molar-refractivity contribution is -0.143. The molecule has 1 aromatic carbocycles. The van der Waals surface area contributed by atoms with Crippen molar-refractivity contribution in [1.82, 2.24) is 0 Å². The third kappa shape index (κ3) is 5.91. The van der Waals surface area contributed by atoms with Crippen LogP contribution in [0.25, 0.3) is 0 Å². The van der Waals surface area contributed by atoms with Crippen LogP contribution >= 0.6 is 0 Å². The average molecular weight is 262 g/mol. The number of carbonyl (C=O) groups is 1. The van der Waals surface area contributed by atoms with Gasteiger partial charge in [-0.2, -0.15) is 0 Å². The van der Waals surface area contributed by atoms with Gasteiger partial charge in [-0.25, -0.2) is 0 Å². The molecule has 0 saturated heterocycles. The molecule has 0 aliphatic carbocycles. The molecule has 0 atom stereocenters. The fourth-order valence-electron chi connectivity index (χ4n) is 1.93. The van der Waals surface area contributed by atoms with Crippen LogP contribution < -0.4 is 0 Å². The molecule has 1 aromatic rings. The first-order valence-corrected chi connectivity index (χ1v) is 7.18. The van der Waals surface area contributed by atoms with Gasteiger partial charge in [-0.3, -0.25) is 4.79 Å². The van der Waals surface area contributed by atoms with E-state index in [1.165, 1.54) is 11.1 Å². The number of aryl methyl sites for hydroxylation is 1. The molecule has 0 unspecified atom stereocenters. The second-order valence-corrected chi connectivity index (χ2v) is 6.02. The minimum Gasteiger partial charge on any atom is -0.466 e. The Labute approximate surface area is 117 Å². The second kappa shape index (κ2) is 7.32. The highest BCUT2D eigenvalue weighted by Gasteiger charge is 2.13. The molecule has 0 heterocycles. The lowest BCUT2D eigenvalue weighted by Crippen LogP contribution is -2.11. The van der Waals surface area contributed by atoms with Crippen molar-refractivity contribution in [1.29, 1.82) is 0 Å². The number of rotatable bonds is 6. The highest BCUT2D eigenvalue weighted by molar-refractivity contribution is 5.69. The van der Waals surface area contributed by atoms with E-state index in [4.69, 9.17) is 4.74 Å². The molecule has 1 rings (SSSR count). The number of ether oxygens (including phenoxy) is 1. The molecule has 0 saturated carbocycles. The Morgan fingerprint density at radius 3 is 2.63 bits per heavy atom. The summed E-state index contributed by atoms with van der Waals surface area (Å²) in [6.45, 7) is 9.17. The Bertz CT molecular complexity index is 402. The van der Waals surface area contributed by atoms with Gasteiger partial charge in [0.1, 0.15) is 0 Å². The van der Waals surface area contributed by atoms with Crippen LogP contribution in [-0.4, -0.2) is 12.6 Å². The molecular formula is C17H26O2. The van der Waals surface area contributed by atoms with Gasteiger partial charge in [0.15, 0.2) is 0 Å². The largest absolute Gasteiger partial charge is 0.466 e. The first kappa shape index (κ1) is 15.7. The maximum Gasteiger partial charge on any atom is 0.305 e. The van der Waals surface area contributed by atoms with Crippen LogP contribution in [0.2, 0.25) is 0 Å². The molecule has 106 valence electrons. The molecule has 0 amide bonds. The highest BCUT2D eigenvalue weighted by atomic mass is 16.5. The summed E-state index contributed by atoms with van der Waals surface area (Å²) in [6.07, 6.45) is 3.23. The van der Waals surface area contributed by atoms with Crippen molar-refractivity contribution in [2.45, 2.75) is 58.8 Å². The van der Waals surface area contributed by atoms with E-state index in [-0.39, 0.29) is 11.4 Å². The van der Waals surface area contributed by atoms with Gasteiger partial charge in [-0.1, -0.05) is 52.0 Å². The summed E-state index contributed by atoms with van der Waals surface area (Å²) in [5.41, 5.74) is 2.86. The third-order valence-electron chi connectivity index (χ3n) is 3.12. The Kier molecular flexibility index (Phi) is 6.07. The van der Waals surface area contributed by atoms with E-state index >= 15 is 0 Å². The summed E-state index contributed by atoms with van der Waals surface area (Å²) in [5.74, 6) is -0.0778. The molecule has 19 heavy (non-hydrogen) atoms. The van der Waals surface area contributed by atoms with Crippen LogP contribution in [0.1, 0.15) is 58.1 Å². The Hall–Kier alpha value is -1.31. The predicted octanol–water partition coefficient (Wildman–Crippen LogP) is 4.26. The standard InChI is InChI=1S/C17H26O2/c1-5-8-16(18)19-12-7-10-14-9-6-11-15(13-14)17(2,3)4/h6,9,11,13H,5,7-8,10,12H2,1-4H3. The molecule has 0 bridgehead atoms. The van der Waals surface area contributed by atoms with E-state index in [0.717, 1.165) is 19.3 Å². The molecule has 0 aliphatic rings. The van der Waals surface area contributed by atoms with E-state index < -0.39 is 0 Å². The number of hydrogen-bond donors (Lipinski definition) is 0. The Balaban J connectivity index is 2.40. The molecule has 0 fully saturated rings. The molecular weight excluding hydrogens is 236 g/mol.